The fourth-order valence-corrected chi connectivity index (χ4v) is 5.06. The van der Waals surface area contributed by atoms with E-state index in [-0.39, 0.29) is 17.5 Å². The minimum atomic E-state index is -0.584. The van der Waals surface area contributed by atoms with E-state index in [1.807, 2.05) is 27.9 Å². The molecule has 0 amide bonds. The second-order valence-corrected chi connectivity index (χ2v) is 10.1. The highest BCUT2D eigenvalue weighted by atomic mass is 19.1. The molecule has 0 saturated carbocycles. The number of rotatable bonds is 6. The van der Waals surface area contributed by atoms with Crippen LogP contribution in [0.1, 0.15) is 25.2 Å². The van der Waals surface area contributed by atoms with Gasteiger partial charge in [0, 0.05) is 58.3 Å². The predicted octanol–water partition coefficient (Wildman–Crippen LogP) is 4.10. The molecule has 1 N–H and O–H groups in total. The van der Waals surface area contributed by atoms with Crippen molar-refractivity contribution in [3.63, 3.8) is 0 Å². The molecule has 196 valence electrons. The molecule has 1 fully saturated rings. The molecule has 0 atom stereocenters. The maximum Gasteiger partial charge on any atom is 0.178 e. The number of benzene rings is 2. The smallest absolute Gasteiger partial charge is 0.178 e. The number of nitrogens with zero attached hydrogens (tertiary/aromatic N) is 5. The summed E-state index contributed by atoms with van der Waals surface area (Å²) in [6.45, 7) is 8.98. The second kappa shape index (κ2) is 10.5. The van der Waals surface area contributed by atoms with Gasteiger partial charge in [0.15, 0.2) is 17.4 Å². The van der Waals surface area contributed by atoms with Crippen LogP contribution in [0.2, 0.25) is 0 Å². The normalized spacial score (nSPS) is 15.5. The molecule has 2 aliphatic heterocycles. The molecule has 2 aliphatic rings. The van der Waals surface area contributed by atoms with Gasteiger partial charge in [-0.05, 0) is 43.7 Å². The van der Waals surface area contributed by atoms with Gasteiger partial charge in [0.05, 0.1) is 29.8 Å². The topological polar surface area (TPSA) is 56.8 Å². The lowest BCUT2D eigenvalue weighted by atomic mass is 10.1. The van der Waals surface area contributed by atoms with E-state index in [4.69, 9.17) is 4.74 Å². The molecule has 0 aliphatic carbocycles. The van der Waals surface area contributed by atoms with Crippen LogP contribution in [0.15, 0.2) is 36.5 Å². The summed E-state index contributed by atoms with van der Waals surface area (Å²) in [5.41, 5.74) is 4.42. The Bertz CT molecular complexity index is 1280. The average Bonchev–Trinajstić information content (AvgIpc) is 2.89. The lowest BCUT2D eigenvalue weighted by Gasteiger charge is -2.34. The molecule has 0 unspecified atom stereocenters. The maximum absolute atomic E-state index is 15.0. The van der Waals surface area contributed by atoms with E-state index in [2.05, 4.69) is 48.2 Å². The molecule has 1 saturated heterocycles. The molecule has 5 rings (SSSR count). The Labute approximate surface area is 217 Å². The first-order chi connectivity index (χ1) is 17.8. The highest BCUT2D eigenvalue weighted by Gasteiger charge is 2.26. The summed E-state index contributed by atoms with van der Waals surface area (Å²) < 4.78 is 35.5. The fourth-order valence-electron chi connectivity index (χ4n) is 5.06. The van der Waals surface area contributed by atoms with Crippen LogP contribution in [-0.4, -0.2) is 69.4 Å². The molecule has 0 bridgehead atoms. The lowest BCUT2D eigenvalue weighted by Crippen LogP contribution is -2.44. The molecule has 2 aromatic carbocycles. The minimum absolute atomic E-state index is 0.0891. The maximum atomic E-state index is 15.0. The fraction of sp³-hybridized carbons (Fsp3) is 0.429. The van der Waals surface area contributed by atoms with Crippen LogP contribution < -0.4 is 24.8 Å². The van der Waals surface area contributed by atoms with Crippen molar-refractivity contribution in [3.8, 4) is 17.0 Å². The Morgan fingerprint density at radius 2 is 1.81 bits per heavy atom. The van der Waals surface area contributed by atoms with E-state index >= 15 is 4.39 Å². The van der Waals surface area contributed by atoms with Gasteiger partial charge in [-0.3, -0.25) is 0 Å². The summed E-state index contributed by atoms with van der Waals surface area (Å²) in [7, 11) is 4.07. The van der Waals surface area contributed by atoms with Gasteiger partial charge < -0.3 is 24.8 Å². The predicted molar refractivity (Wildman–Crippen MR) is 144 cm³/mol. The van der Waals surface area contributed by atoms with E-state index < -0.39 is 11.6 Å². The van der Waals surface area contributed by atoms with Crippen molar-refractivity contribution in [1.29, 1.82) is 0 Å². The van der Waals surface area contributed by atoms with Gasteiger partial charge in [0.2, 0.25) is 0 Å². The van der Waals surface area contributed by atoms with Crippen molar-refractivity contribution >= 4 is 17.1 Å². The summed E-state index contributed by atoms with van der Waals surface area (Å²) in [5.74, 6) is -0.416. The first kappa shape index (κ1) is 25.2. The molecule has 3 aromatic rings. The highest BCUT2D eigenvalue weighted by Crippen LogP contribution is 2.39. The third-order valence-electron chi connectivity index (χ3n) is 6.94. The summed E-state index contributed by atoms with van der Waals surface area (Å²) in [6, 6.07) is 9.56. The molecule has 7 nitrogen and oxygen atoms in total. The van der Waals surface area contributed by atoms with Crippen molar-refractivity contribution in [3.05, 3.63) is 59.6 Å². The first-order valence-electron chi connectivity index (χ1n) is 12.8. The molecule has 0 spiro atoms. The van der Waals surface area contributed by atoms with Gasteiger partial charge >= 0.3 is 0 Å². The van der Waals surface area contributed by atoms with Crippen molar-refractivity contribution in [1.82, 2.24) is 15.3 Å². The van der Waals surface area contributed by atoms with Crippen LogP contribution in [0, 0.1) is 11.6 Å². The Morgan fingerprint density at radius 1 is 1.03 bits per heavy atom. The molecule has 3 heterocycles. The van der Waals surface area contributed by atoms with Crippen molar-refractivity contribution in [2.24, 2.45) is 0 Å². The van der Waals surface area contributed by atoms with Gasteiger partial charge in [-0.2, -0.15) is 0 Å². The van der Waals surface area contributed by atoms with Gasteiger partial charge in [0.25, 0.3) is 0 Å². The molecule has 37 heavy (non-hydrogen) atoms. The van der Waals surface area contributed by atoms with Crippen LogP contribution in [-0.2, 0) is 6.42 Å². The van der Waals surface area contributed by atoms with Gasteiger partial charge in [-0.1, -0.05) is 6.07 Å². The number of halogens is 2. The SMILES string of the molecule is CC(C)N1CCOc2c(F)cc(-c3nc(Cc4ccc(N5CCNCC5)c(N(C)C)c4)ncc3F)cc21. The van der Waals surface area contributed by atoms with Gasteiger partial charge in [0.1, 0.15) is 18.1 Å². The number of piperazine rings is 1. The minimum Gasteiger partial charge on any atom is -0.486 e. The highest BCUT2D eigenvalue weighted by molar-refractivity contribution is 5.73. The summed E-state index contributed by atoms with van der Waals surface area (Å²) in [6.07, 6.45) is 1.61. The molecular weight excluding hydrogens is 474 g/mol. The molecular formula is C28H34F2N6O. The number of fused-ring (bicyclic) bond motifs is 1. The third-order valence-corrected chi connectivity index (χ3v) is 6.94. The Balaban J connectivity index is 1.46. The lowest BCUT2D eigenvalue weighted by molar-refractivity contribution is 0.287. The van der Waals surface area contributed by atoms with Crippen molar-refractivity contribution in [2.75, 3.05) is 68.1 Å². The van der Waals surface area contributed by atoms with Crippen LogP contribution in [0.4, 0.5) is 25.8 Å². The monoisotopic (exact) mass is 508 g/mol. The van der Waals surface area contributed by atoms with Crippen LogP contribution in [0.3, 0.4) is 0 Å². The van der Waals surface area contributed by atoms with E-state index in [1.165, 1.54) is 18.0 Å². The number of nitrogens with one attached hydrogen (secondary N) is 1. The zero-order valence-corrected chi connectivity index (χ0v) is 21.9. The van der Waals surface area contributed by atoms with E-state index in [1.54, 1.807) is 6.07 Å². The Kier molecular flexibility index (Phi) is 7.15. The molecule has 9 heteroatoms. The Hall–Kier alpha value is -3.46. The summed E-state index contributed by atoms with van der Waals surface area (Å²) >= 11 is 0. The Morgan fingerprint density at radius 3 is 2.54 bits per heavy atom. The summed E-state index contributed by atoms with van der Waals surface area (Å²) in [5, 5.41) is 3.39. The van der Waals surface area contributed by atoms with Crippen LogP contribution in [0.25, 0.3) is 11.3 Å². The second-order valence-electron chi connectivity index (χ2n) is 10.1. The van der Waals surface area contributed by atoms with E-state index in [0.717, 1.165) is 37.4 Å². The van der Waals surface area contributed by atoms with Crippen molar-refractivity contribution in [2.45, 2.75) is 26.3 Å². The van der Waals surface area contributed by atoms with Crippen LogP contribution >= 0.6 is 0 Å². The number of hydrogen-bond donors (Lipinski definition) is 1. The van der Waals surface area contributed by atoms with Gasteiger partial charge in [-0.25, -0.2) is 18.7 Å². The van der Waals surface area contributed by atoms with E-state index in [9.17, 15) is 4.39 Å². The van der Waals surface area contributed by atoms with E-state index in [0.29, 0.717) is 36.6 Å². The summed E-state index contributed by atoms with van der Waals surface area (Å²) in [4.78, 5) is 15.3. The third kappa shape index (κ3) is 5.18. The number of anilines is 3. The largest absolute Gasteiger partial charge is 0.486 e. The quantitative estimate of drug-likeness (QED) is 0.538. The number of ether oxygens (including phenoxy) is 1. The standard InChI is InChI=1S/C28H34F2N6O/c1-18(2)36-11-12-37-28-21(29)15-20(16-25(28)36)27-22(30)17-32-26(33-27)14-19-5-6-23(24(13-19)34(3)4)35-9-7-31-8-10-35/h5-6,13,15-18,31H,7-12,14H2,1-4H3. The molecule has 1 aromatic heterocycles. The van der Waals surface area contributed by atoms with Crippen molar-refractivity contribution < 1.29 is 13.5 Å². The van der Waals surface area contributed by atoms with Crippen LogP contribution in [0.5, 0.6) is 5.75 Å². The average molecular weight is 509 g/mol. The number of aromatic nitrogens is 2. The zero-order valence-electron chi connectivity index (χ0n) is 21.9. The van der Waals surface area contributed by atoms with Gasteiger partial charge in [-0.15, -0.1) is 0 Å². The first-order valence-corrected chi connectivity index (χ1v) is 12.8. The zero-order chi connectivity index (χ0) is 26.1. The molecule has 0 radical (unpaired) electrons. The number of hydrogen-bond acceptors (Lipinski definition) is 7.